The smallest absolute Gasteiger partial charge is 0.408 e. The number of rotatable bonds is 1. The minimum atomic E-state index is -0.518. The van der Waals surface area contributed by atoms with Crippen LogP contribution in [0, 0.1) is 10.8 Å². The minimum absolute atomic E-state index is 0.228. The van der Waals surface area contributed by atoms with E-state index in [1.165, 1.54) is 0 Å². The molecule has 2 aliphatic rings. The summed E-state index contributed by atoms with van der Waals surface area (Å²) in [6.45, 7) is 11.7. The Morgan fingerprint density at radius 2 is 1.79 bits per heavy atom. The van der Waals surface area contributed by atoms with Crippen LogP contribution >= 0.6 is 0 Å². The van der Waals surface area contributed by atoms with Crippen molar-refractivity contribution in [2.24, 2.45) is 10.8 Å². The van der Waals surface area contributed by atoms with Crippen molar-refractivity contribution >= 4 is 11.9 Å². The van der Waals surface area contributed by atoms with Gasteiger partial charge in [-0.2, -0.15) is 0 Å². The molecule has 0 aromatic rings. The van der Waals surface area contributed by atoms with Gasteiger partial charge in [0, 0.05) is 17.3 Å². The van der Waals surface area contributed by atoms with Crippen molar-refractivity contribution in [1.82, 2.24) is 5.32 Å². The predicted octanol–water partition coefficient (Wildman–Crippen LogP) is 3.05. The summed E-state index contributed by atoms with van der Waals surface area (Å²) in [4.78, 5) is 24.3. The van der Waals surface area contributed by atoms with Crippen LogP contribution in [0.5, 0.6) is 0 Å². The highest BCUT2D eigenvalue weighted by Gasteiger charge is 2.70. The molecular weight excluding hydrogens is 242 g/mol. The normalized spacial score (nSPS) is 36.4. The molecule has 2 fully saturated rings. The summed E-state index contributed by atoms with van der Waals surface area (Å²) in [6, 6.07) is 0. The second-order valence-corrected chi connectivity index (χ2v) is 7.77. The Morgan fingerprint density at radius 1 is 1.21 bits per heavy atom. The summed E-state index contributed by atoms with van der Waals surface area (Å²) in [5, 5.41) is 3.00. The van der Waals surface area contributed by atoms with E-state index < -0.39 is 17.2 Å². The van der Waals surface area contributed by atoms with Gasteiger partial charge in [-0.05, 0) is 33.6 Å². The maximum Gasteiger partial charge on any atom is 0.408 e. The molecule has 1 N–H and O–H groups in total. The summed E-state index contributed by atoms with van der Waals surface area (Å²) in [6.07, 6.45) is 1.70. The zero-order chi connectivity index (χ0) is 14.7. The first-order valence-electron chi connectivity index (χ1n) is 6.98. The van der Waals surface area contributed by atoms with Crippen molar-refractivity contribution in [3.63, 3.8) is 0 Å². The number of hydrogen-bond donors (Lipinski definition) is 1. The third kappa shape index (κ3) is 1.87. The largest absolute Gasteiger partial charge is 0.444 e. The fraction of sp³-hybridized carbons (Fsp3) is 0.867. The third-order valence-corrected chi connectivity index (χ3v) is 5.45. The number of carbonyl (C=O) groups excluding carboxylic acids is 2. The molecule has 0 aliphatic heterocycles. The monoisotopic (exact) mass is 267 g/mol. The van der Waals surface area contributed by atoms with Crippen LogP contribution in [-0.4, -0.2) is 23.0 Å². The van der Waals surface area contributed by atoms with Crippen molar-refractivity contribution in [3.8, 4) is 0 Å². The van der Waals surface area contributed by atoms with E-state index in [4.69, 9.17) is 4.74 Å². The molecule has 2 saturated carbocycles. The number of alkyl carbamates (subject to hydrolysis) is 1. The fourth-order valence-electron chi connectivity index (χ4n) is 3.64. The minimum Gasteiger partial charge on any atom is -0.444 e. The molecular formula is C15H25NO3. The third-order valence-electron chi connectivity index (χ3n) is 5.45. The van der Waals surface area contributed by atoms with Gasteiger partial charge in [-0.15, -0.1) is 0 Å². The number of carbonyl (C=O) groups is 2. The summed E-state index contributed by atoms with van der Waals surface area (Å²) < 4.78 is 5.35. The SMILES string of the molecule is CC(C)(C)OC(=O)N[C@]12CC[C@](C)(C(=O)C1)C2(C)C. The average molecular weight is 267 g/mol. The van der Waals surface area contributed by atoms with Gasteiger partial charge in [0.2, 0.25) is 0 Å². The Hall–Kier alpha value is -1.06. The lowest BCUT2D eigenvalue weighted by molar-refractivity contribution is -0.128. The molecule has 0 saturated heterocycles. The second kappa shape index (κ2) is 3.74. The van der Waals surface area contributed by atoms with Crippen LogP contribution in [0.2, 0.25) is 0 Å². The van der Waals surface area contributed by atoms with Crippen molar-refractivity contribution in [1.29, 1.82) is 0 Å². The van der Waals surface area contributed by atoms with Crippen molar-refractivity contribution in [3.05, 3.63) is 0 Å². The van der Waals surface area contributed by atoms with Crippen LogP contribution in [0.1, 0.15) is 60.8 Å². The van der Waals surface area contributed by atoms with Crippen molar-refractivity contribution in [2.75, 3.05) is 0 Å². The molecule has 2 rings (SSSR count). The Bertz CT molecular complexity index is 435. The average Bonchev–Trinajstić information content (AvgIpc) is 2.44. The van der Waals surface area contributed by atoms with Crippen LogP contribution in [0.15, 0.2) is 0 Å². The zero-order valence-corrected chi connectivity index (χ0v) is 12.8. The van der Waals surface area contributed by atoms with Gasteiger partial charge < -0.3 is 10.1 Å². The molecule has 1 amide bonds. The van der Waals surface area contributed by atoms with Crippen LogP contribution in [0.4, 0.5) is 4.79 Å². The van der Waals surface area contributed by atoms with Crippen molar-refractivity contribution in [2.45, 2.75) is 71.9 Å². The Morgan fingerprint density at radius 3 is 2.16 bits per heavy atom. The predicted molar refractivity (Wildman–Crippen MR) is 72.8 cm³/mol. The topological polar surface area (TPSA) is 55.4 Å². The van der Waals surface area contributed by atoms with E-state index in [9.17, 15) is 9.59 Å². The maximum absolute atomic E-state index is 12.3. The van der Waals surface area contributed by atoms with Crippen LogP contribution in [-0.2, 0) is 9.53 Å². The molecule has 0 heterocycles. The van der Waals surface area contributed by atoms with E-state index >= 15 is 0 Å². The molecule has 108 valence electrons. The molecule has 0 aromatic heterocycles. The number of fused-ring (bicyclic) bond motifs is 2. The summed E-state index contributed by atoms with van der Waals surface area (Å²) >= 11 is 0. The van der Waals surface area contributed by atoms with E-state index in [0.29, 0.717) is 6.42 Å². The first-order valence-corrected chi connectivity index (χ1v) is 6.98. The number of Topliss-reactive ketones (excluding diaryl/α,β-unsaturated/α-hetero) is 1. The van der Waals surface area contributed by atoms with Crippen LogP contribution in [0.3, 0.4) is 0 Å². The maximum atomic E-state index is 12.3. The summed E-state index contributed by atoms with van der Waals surface area (Å²) in [5.41, 5.74) is -1.51. The molecule has 2 aliphatic carbocycles. The number of ether oxygens (including phenoxy) is 1. The fourth-order valence-corrected chi connectivity index (χ4v) is 3.64. The highest BCUT2D eigenvalue weighted by Crippen LogP contribution is 2.65. The van der Waals surface area contributed by atoms with Gasteiger partial charge in [-0.25, -0.2) is 4.79 Å². The van der Waals surface area contributed by atoms with Crippen molar-refractivity contribution < 1.29 is 14.3 Å². The first-order chi connectivity index (χ1) is 8.44. The van der Waals surface area contributed by atoms with Gasteiger partial charge in [0.05, 0.1) is 5.54 Å². The molecule has 0 radical (unpaired) electrons. The van der Waals surface area contributed by atoms with Gasteiger partial charge >= 0.3 is 6.09 Å². The van der Waals surface area contributed by atoms with Gasteiger partial charge in [-0.1, -0.05) is 20.8 Å². The van der Waals surface area contributed by atoms with E-state index in [0.717, 1.165) is 12.8 Å². The van der Waals surface area contributed by atoms with Gasteiger partial charge in [0.25, 0.3) is 0 Å². The quantitative estimate of drug-likeness (QED) is 0.794. The Kier molecular flexibility index (Phi) is 2.82. The van der Waals surface area contributed by atoms with E-state index in [1.807, 2.05) is 27.7 Å². The first kappa shape index (κ1) is 14.4. The van der Waals surface area contributed by atoms with Gasteiger partial charge in [0.1, 0.15) is 11.4 Å². The molecule has 4 heteroatoms. The lowest BCUT2D eigenvalue weighted by atomic mass is 9.68. The second-order valence-electron chi connectivity index (χ2n) is 7.77. The van der Waals surface area contributed by atoms with Crippen LogP contribution < -0.4 is 5.32 Å². The molecule has 19 heavy (non-hydrogen) atoms. The lowest BCUT2D eigenvalue weighted by Gasteiger charge is -2.40. The number of amides is 1. The number of hydrogen-bond acceptors (Lipinski definition) is 3. The highest BCUT2D eigenvalue weighted by atomic mass is 16.6. The van der Waals surface area contributed by atoms with Gasteiger partial charge in [0.15, 0.2) is 0 Å². The lowest BCUT2D eigenvalue weighted by Crippen LogP contribution is -2.55. The van der Waals surface area contributed by atoms with E-state index in [-0.39, 0.29) is 16.6 Å². The molecule has 2 atom stereocenters. The highest BCUT2D eigenvalue weighted by molar-refractivity contribution is 5.92. The summed E-state index contributed by atoms with van der Waals surface area (Å²) in [5.74, 6) is 0.264. The molecule has 0 aromatic carbocycles. The number of ketones is 1. The van der Waals surface area contributed by atoms with E-state index in [2.05, 4.69) is 19.2 Å². The Labute approximate surface area is 115 Å². The Balaban J connectivity index is 2.21. The van der Waals surface area contributed by atoms with Crippen LogP contribution in [0.25, 0.3) is 0 Å². The standard InChI is InChI=1S/C15H25NO3/c1-12(2,3)19-11(18)16-15-8-7-14(6,10(17)9-15)13(15,4)5/h7-9H2,1-6H3,(H,16,18)/t14-,15-/m1/s1. The zero-order valence-electron chi connectivity index (χ0n) is 12.8. The van der Waals surface area contributed by atoms with E-state index in [1.54, 1.807) is 0 Å². The molecule has 2 bridgehead atoms. The number of nitrogens with one attached hydrogen (secondary N) is 1. The van der Waals surface area contributed by atoms with Gasteiger partial charge in [-0.3, -0.25) is 4.79 Å². The molecule has 0 unspecified atom stereocenters. The molecule has 4 nitrogen and oxygen atoms in total. The summed E-state index contributed by atoms with van der Waals surface area (Å²) in [7, 11) is 0. The molecule has 0 spiro atoms.